The fraction of sp³-hybridized carbons (Fsp3) is 0.522. The molecule has 0 aromatic heterocycles. The maximum atomic E-state index is 13.8. The van der Waals surface area contributed by atoms with Crippen molar-refractivity contribution < 1.29 is 14.7 Å². The zero-order valence-corrected chi connectivity index (χ0v) is 32.7. The zero-order chi connectivity index (χ0) is 37.9. The molecule has 0 radical (unpaired) electrons. The van der Waals surface area contributed by atoms with Crippen LogP contribution in [-0.2, 0) is 16.0 Å². The van der Waals surface area contributed by atoms with Crippen molar-refractivity contribution >= 4 is 34.7 Å². The van der Waals surface area contributed by atoms with Crippen LogP contribution in [0, 0.1) is 48.9 Å². The van der Waals surface area contributed by atoms with Crippen molar-refractivity contribution in [3.8, 4) is 12.3 Å². The van der Waals surface area contributed by atoms with Crippen LogP contribution < -0.4 is 11.1 Å². The van der Waals surface area contributed by atoms with E-state index in [0.29, 0.717) is 59.2 Å². The van der Waals surface area contributed by atoms with Gasteiger partial charge in [-0.25, -0.2) is 0 Å². The first-order valence-electron chi connectivity index (χ1n) is 19.7. The number of terminal acetylenes is 1. The number of benzene rings is 2. The summed E-state index contributed by atoms with van der Waals surface area (Å²) >= 11 is 6.43. The second-order valence-corrected chi connectivity index (χ2v) is 15.4. The molecule has 4 atom stereocenters. The monoisotopic (exact) mass is 726 g/mol. The molecule has 1 fully saturated rings. The normalized spacial score (nSPS) is 18.5. The van der Waals surface area contributed by atoms with Crippen molar-refractivity contribution in [3.05, 3.63) is 95.1 Å². The molecule has 6 heteroatoms. The number of para-hydroxylation sites is 1. The minimum atomic E-state index is -0.607. The van der Waals surface area contributed by atoms with E-state index in [-0.39, 0.29) is 11.7 Å². The Morgan fingerprint density at radius 1 is 1.04 bits per heavy atom. The summed E-state index contributed by atoms with van der Waals surface area (Å²) in [5, 5.41) is 14.7. The van der Waals surface area contributed by atoms with Gasteiger partial charge in [-0.2, -0.15) is 0 Å². The van der Waals surface area contributed by atoms with Crippen LogP contribution in [0.3, 0.4) is 0 Å². The second-order valence-electron chi connectivity index (χ2n) is 15.0. The third-order valence-electron chi connectivity index (χ3n) is 10.9. The summed E-state index contributed by atoms with van der Waals surface area (Å²) in [7, 11) is 0. The lowest BCUT2D eigenvalue weighted by Crippen LogP contribution is -2.25. The number of allylic oxidation sites excluding steroid dienone is 4. The number of nitrogens with two attached hydrogens (primary N) is 1. The molecule has 0 saturated heterocycles. The summed E-state index contributed by atoms with van der Waals surface area (Å²) < 4.78 is 0. The number of aryl methyl sites for hydroxylation is 1. The van der Waals surface area contributed by atoms with Crippen LogP contribution in [0.5, 0.6) is 0 Å². The molecule has 1 aliphatic carbocycles. The summed E-state index contributed by atoms with van der Waals surface area (Å²) in [5.74, 6) is 4.15. The van der Waals surface area contributed by atoms with E-state index in [1.54, 1.807) is 18.2 Å². The van der Waals surface area contributed by atoms with Gasteiger partial charge in [0.15, 0.2) is 5.78 Å². The Hall–Kier alpha value is -3.59. The predicted octanol–water partition coefficient (Wildman–Crippen LogP) is 11.2. The van der Waals surface area contributed by atoms with Crippen LogP contribution in [0.2, 0.25) is 5.02 Å². The molecule has 1 saturated carbocycles. The maximum Gasteiger partial charge on any atom is 0.248 e. The van der Waals surface area contributed by atoms with Gasteiger partial charge < -0.3 is 16.2 Å². The molecule has 1 amide bonds. The first-order chi connectivity index (χ1) is 25.1. The van der Waals surface area contributed by atoms with E-state index in [0.717, 1.165) is 68.2 Å². The van der Waals surface area contributed by atoms with Crippen molar-refractivity contribution in [2.24, 2.45) is 29.6 Å². The van der Waals surface area contributed by atoms with Gasteiger partial charge in [0.1, 0.15) is 0 Å². The molecule has 0 heterocycles. The van der Waals surface area contributed by atoms with Gasteiger partial charge in [-0.1, -0.05) is 93.5 Å². The topological polar surface area (TPSA) is 92.4 Å². The van der Waals surface area contributed by atoms with Crippen LogP contribution in [0.4, 0.5) is 11.4 Å². The SMILES string of the molecule is C#Cc1cc(C[C@@H](CC(O)CC2CCC(/C=C/C(=O)Nc3ccccc3C)CC2)C(=O)/C=C/CCC(CCC)C(CCC)CCC=C)cc(Cl)c1N. The minimum Gasteiger partial charge on any atom is -0.397 e. The van der Waals surface area contributed by atoms with E-state index >= 15 is 0 Å². The lowest BCUT2D eigenvalue weighted by atomic mass is 9.78. The highest BCUT2D eigenvalue weighted by atomic mass is 35.5. The molecule has 282 valence electrons. The average molecular weight is 727 g/mol. The number of nitrogens with one attached hydrogen (secondary N) is 1. The molecule has 3 unspecified atom stereocenters. The van der Waals surface area contributed by atoms with Gasteiger partial charge in [0.05, 0.1) is 16.8 Å². The number of aliphatic hydroxyl groups is 1. The number of rotatable bonds is 22. The number of carbonyl (C=O) groups excluding carboxylic acids is 2. The van der Waals surface area contributed by atoms with E-state index in [9.17, 15) is 14.7 Å². The Morgan fingerprint density at radius 3 is 2.35 bits per heavy atom. The number of anilines is 2. The molecule has 0 bridgehead atoms. The van der Waals surface area contributed by atoms with Crippen molar-refractivity contribution in [2.75, 3.05) is 11.1 Å². The highest BCUT2D eigenvalue weighted by molar-refractivity contribution is 6.33. The predicted molar refractivity (Wildman–Crippen MR) is 220 cm³/mol. The first kappa shape index (κ1) is 42.8. The number of hydrogen-bond acceptors (Lipinski definition) is 4. The maximum absolute atomic E-state index is 13.8. The fourth-order valence-corrected chi connectivity index (χ4v) is 8.23. The number of amides is 1. The summed E-state index contributed by atoms with van der Waals surface area (Å²) in [4.78, 5) is 26.3. The fourth-order valence-electron chi connectivity index (χ4n) is 7.98. The minimum absolute atomic E-state index is 0.0240. The molecule has 1 aliphatic rings. The van der Waals surface area contributed by atoms with E-state index in [2.05, 4.69) is 31.7 Å². The summed E-state index contributed by atoms with van der Waals surface area (Å²) in [6, 6.07) is 11.4. The molecular weight excluding hydrogens is 664 g/mol. The van der Waals surface area contributed by atoms with Crippen LogP contribution in [0.25, 0.3) is 0 Å². The Morgan fingerprint density at radius 2 is 1.71 bits per heavy atom. The summed E-state index contributed by atoms with van der Waals surface area (Å²) in [5.41, 5.74) is 9.68. The molecule has 5 nitrogen and oxygen atoms in total. The summed E-state index contributed by atoms with van der Waals surface area (Å²) in [6.07, 6.45) is 28.9. The van der Waals surface area contributed by atoms with E-state index in [1.807, 2.05) is 55.5 Å². The van der Waals surface area contributed by atoms with Crippen LogP contribution >= 0.6 is 11.6 Å². The van der Waals surface area contributed by atoms with Gasteiger partial charge in [0.2, 0.25) is 5.91 Å². The largest absolute Gasteiger partial charge is 0.397 e. The molecular formula is C46H63ClN2O3. The highest BCUT2D eigenvalue weighted by Crippen LogP contribution is 2.35. The van der Waals surface area contributed by atoms with E-state index < -0.39 is 12.0 Å². The Labute approximate surface area is 319 Å². The van der Waals surface area contributed by atoms with Gasteiger partial charge in [-0.15, -0.1) is 13.0 Å². The molecule has 52 heavy (non-hydrogen) atoms. The van der Waals surface area contributed by atoms with Crippen LogP contribution in [0.15, 0.2) is 73.4 Å². The number of carbonyl (C=O) groups is 2. The number of hydrogen-bond donors (Lipinski definition) is 3. The molecule has 0 spiro atoms. The molecule has 4 N–H and O–H groups in total. The average Bonchev–Trinajstić information content (AvgIpc) is 3.13. The number of nitrogen functional groups attached to an aromatic ring is 1. The van der Waals surface area contributed by atoms with Gasteiger partial charge in [-0.05, 0) is 143 Å². The van der Waals surface area contributed by atoms with Crippen LogP contribution in [0.1, 0.15) is 120 Å². The van der Waals surface area contributed by atoms with Gasteiger partial charge in [0, 0.05) is 17.2 Å². The Balaban J connectivity index is 1.61. The Bertz CT molecular complexity index is 1530. The highest BCUT2D eigenvalue weighted by Gasteiger charge is 2.27. The summed E-state index contributed by atoms with van der Waals surface area (Å²) in [6.45, 7) is 10.4. The second kappa shape index (κ2) is 23.2. The Kier molecular flexibility index (Phi) is 19.1. The third kappa shape index (κ3) is 14.4. The lowest BCUT2D eigenvalue weighted by molar-refractivity contribution is -0.119. The molecule has 3 rings (SSSR count). The third-order valence-corrected chi connectivity index (χ3v) is 11.2. The quantitative estimate of drug-likeness (QED) is 0.0487. The van der Waals surface area contributed by atoms with Gasteiger partial charge in [-0.3, -0.25) is 9.59 Å². The van der Waals surface area contributed by atoms with Crippen molar-refractivity contribution in [1.29, 1.82) is 0 Å². The number of aliphatic hydroxyl groups excluding tert-OH is 1. The zero-order valence-electron chi connectivity index (χ0n) is 31.9. The molecule has 2 aromatic carbocycles. The van der Waals surface area contributed by atoms with Gasteiger partial charge >= 0.3 is 0 Å². The first-order valence-corrected chi connectivity index (χ1v) is 20.0. The van der Waals surface area contributed by atoms with E-state index in [4.69, 9.17) is 23.8 Å². The van der Waals surface area contributed by atoms with Crippen molar-refractivity contribution in [1.82, 2.24) is 0 Å². The van der Waals surface area contributed by atoms with Crippen LogP contribution in [-0.4, -0.2) is 22.9 Å². The van der Waals surface area contributed by atoms with Crippen molar-refractivity contribution in [2.45, 2.75) is 123 Å². The van der Waals surface area contributed by atoms with Gasteiger partial charge in [0.25, 0.3) is 0 Å². The molecule has 0 aliphatic heterocycles. The standard InChI is InChI=1S/C46H63ClN2O3/c1-6-10-18-38(15-7-2)39(16-8-3)19-12-14-21-44(51)40(29-36-28-37(9-4)46(48)42(47)31-36)32-41(50)30-35-24-22-34(23-25-35)26-27-45(52)49-43-20-13-11-17-33(43)5/h4,6,11,13-14,17,20-21,26-28,31,34-35,38-41,50H,1,7-8,10,12,15-16,18-19,22-25,29-30,32,48H2,2-3,5H3,(H,49,52)/b21-14+,27-26+/t34?,35?,38?,39?,40-,41?/m0/s1. The lowest BCUT2D eigenvalue weighted by Gasteiger charge is -2.29. The smallest absolute Gasteiger partial charge is 0.248 e. The van der Waals surface area contributed by atoms with Crippen molar-refractivity contribution in [3.63, 3.8) is 0 Å². The number of halogens is 1. The molecule has 2 aromatic rings. The number of ketones is 1. The van der Waals surface area contributed by atoms with E-state index in [1.165, 1.54) is 25.7 Å².